The quantitative estimate of drug-likeness (QED) is 0.659. The lowest BCUT2D eigenvalue weighted by atomic mass is 10.1. The van der Waals surface area contributed by atoms with E-state index in [0.29, 0.717) is 23.5 Å². The summed E-state index contributed by atoms with van der Waals surface area (Å²) in [5, 5.41) is 2.61. The molecule has 1 aliphatic rings. The van der Waals surface area contributed by atoms with Crippen molar-refractivity contribution in [1.82, 2.24) is 4.90 Å². The van der Waals surface area contributed by atoms with Crippen LogP contribution in [0.4, 0.5) is 10.1 Å². The van der Waals surface area contributed by atoms with Crippen LogP contribution in [0.5, 0.6) is 0 Å². The van der Waals surface area contributed by atoms with Gasteiger partial charge in [0.2, 0.25) is 5.91 Å². The molecular formula is C23H19FN2O2S. The van der Waals surface area contributed by atoms with Crippen LogP contribution >= 0.6 is 11.8 Å². The molecule has 0 radical (unpaired) electrons. The van der Waals surface area contributed by atoms with Crippen molar-refractivity contribution in [1.29, 1.82) is 0 Å². The van der Waals surface area contributed by atoms with E-state index < -0.39 is 5.82 Å². The number of hydrogen-bond acceptors (Lipinski definition) is 3. The van der Waals surface area contributed by atoms with E-state index in [-0.39, 0.29) is 17.2 Å². The summed E-state index contributed by atoms with van der Waals surface area (Å²) in [6.45, 7) is 0.555. The number of carbonyl (C=O) groups excluding carboxylic acids is 2. The number of rotatable bonds is 5. The largest absolute Gasteiger partial charge is 0.322 e. The van der Waals surface area contributed by atoms with Gasteiger partial charge in [-0.3, -0.25) is 9.59 Å². The van der Waals surface area contributed by atoms with Gasteiger partial charge in [0.15, 0.2) is 0 Å². The minimum atomic E-state index is -0.403. The standard InChI is InChI=1S/C23H19FN2O2S/c24-19-7-4-8-20(13-19)25-22(28)17-9-11-18(12-10-17)23-26(21(27)15-29-23)14-16-5-2-1-3-6-16/h1-13,23H,14-15H2,(H,25,28)/t23-/m0/s1. The van der Waals surface area contributed by atoms with Crippen LogP contribution in [-0.4, -0.2) is 22.5 Å². The molecule has 0 bridgehead atoms. The van der Waals surface area contributed by atoms with E-state index in [1.165, 1.54) is 12.1 Å². The number of anilines is 1. The second kappa shape index (κ2) is 8.49. The number of carbonyl (C=O) groups is 2. The molecule has 146 valence electrons. The Kier molecular flexibility index (Phi) is 5.62. The molecule has 3 aromatic carbocycles. The van der Waals surface area contributed by atoms with Gasteiger partial charge in [0.05, 0.1) is 5.75 Å². The van der Waals surface area contributed by atoms with Crippen LogP contribution in [0.15, 0.2) is 78.9 Å². The van der Waals surface area contributed by atoms with Crippen LogP contribution in [0.25, 0.3) is 0 Å². The van der Waals surface area contributed by atoms with E-state index >= 15 is 0 Å². The predicted octanol–water partition coefficient (Wildman–Crippen LogP) is 4.85. The molecule has 0 saturated carbocycles. The Hall–Kier alpha value is -3.12. The summed E-state index contributed by atoms with van der Waals surface area (Å²) in [5.74, 6) is -0.158. The topological polar surface area (TPSA) is 49.4 Å². The van der Waals surface area contributed by atoms with Crippen LogP contribution in [0.2, 0.25) is 0 Å². The van der Waals surface area contributed by atoms with E-state index in [4.69, 9.17) is 0 Å². The number of halogens is 1. The first-order valence-electron chi connectivity index (χ1n) is 9.22. The summed E-state index contributed by atoms with van der Waals surface area (Å²) in [7, 11) is 0. The van der Waals surface area contributed by atoms with Gasteiger partial charge in [-0.15, -0.1) is 11.8 Å². The zero-order valence-electron chi connectivity index (χ0n) is 15.5. The Balaban J connectivity index is 1.47. The first-order valence-corrected chi connectivity index (χ1v) is 10.3. The highest BCUT2D eigenvalue weighted by Gasteiger charge is 2.32. The highest BCUT2D eigenvalue weighted by molar-refractivity contribution is 8.00. The Morgan fingerprint density at radius 2 is 1.79 bits per heavy atom. The zero-order valence-corrected chi connectivity index (χ0v) is 16.4. The fourth-order valence-electron chi connectivity index (χ4n) is 3.25. The molecule has 1 N–H and O–H groups in total. The molecule has 4 nitrogen and oxygen atoms in total. The lowest BCUT2D eigenvalue weighted by Gasteiger charge is -2.24. The van der Waals surface area contributed by atoms with Crippen molar-refractivity contribution >= 4 is 29.3 Å². The first-order chi connectivity index (χ1) is 14.1. The van der Waals surface area contributed by atoms with E-state index in [0.717, 1.165) is 11.1 Å². The Labute approximate surface area is 172 Å². The lowest BCUT2D eigenvalue weighted by Crippen LogP contribution is -2.27. The zero-order chi connectivity index (χ0) is 20.2. The third kappa shape index (κ3) is 4.49. The van der Waals surface area contributed by atoms with Crippen molar-refractivity contribution in [3.8, 4) is 0 Å². The normalized spacial score (nSPS) is 16.1. The summed E-state index contributed by atoms with van der Waals surface area (Å²) >= 11 is 1.58. The first kappa shape index (κ1) is 19.2. The van der Waals surface area contributed by atoms with Crippen molar-refractivity contribution in [3.05, 3.63) is 101 Å². The van der Waals surface area contributed by atoms with Gasteiger partial charge in [0.25, 0.3) is 5.91 Å². The molecule has 0 unspecified atom stereocenters. The molecule has 4 rings (SSSR count). The van der Waals surface area contributed by atoms with Crippen molar-refractivity contribution in [3.63, 3.8) is 0 Å². The number of amides is 2. The molecular weight excluding hydrogens is 387 g/mol. The van der Waals surface area contributed by atoms with Crippen molar-refractivity contribution < 1.29 is 14.0 Å². The molecule has 1 atom stereocenters. The average Bonchev–Trinajstić information content (AvgIpc) is 3.09. The number of thioether (sulfide) groups is 1. The summed E-state index contributed by atoms with van der Waals surface area (Å²) in [6.07, 6.45) is 0. The van der Waals surface area contributed by atoms with Crippen molar-refractivity contribution in [2.75, 3.05) is 11.1 Å². The van der Waals surface area contributed by atoms with E-state index in [1.807, 2.05) is 47.4 Å². The van der Waals surface area contributed by atoms with E-state index in [9.17, 15) is 14.0 Å². The Morgan fingerprint density at radius 1 is 1.03 bits per heavy atom. The summed E-state index contributed by atoms with van der Waals surface area (Å²) in [5.41, 5.74) is 2.94. The summed E-state index contributed by atoms with van der Waals surface area (Å²) in [6, 6.07) is 22.9. The molecule has 1 fully saturated rings. The van der Waals surface area contributed by atoms with E-state index in [1.54, 1.807) is 36.0 Å². The van der Waals surface area contributed by atoms with Gasteiger partial charge in [-0.1, -0.05) is 48.5 Å². The molecule has 0 aliphatic carbocycles. The molecule has 0 spiro atoms. The summed E-state index contributed by atoms with van der Waals surface area (Å²) < 4.78 is 13.3. The second-order valence-electron chi connectivity index (χ2n) is 6.76. The van der Waals surface area contributed by atoms with Crippen molar-refractivity contribution in [2.45, 2.75) is 11.9 Å². The maximum atomic E-state index is 13.3. The molecule has 2 amide bonds. The molecule has 1 aliphatic heterocycles. The van der Waals surface area contributed by atoms with Crippen LogP contribution in [0.3, 0.4) is 0 Å². The Morgan fingerprint density at radius 3 is 2.52 bits per heavy atom. The third-order valence-electron chi connectivity index (χ3n) is 4.70. The highest BCUT2D eigenvalue weighted by atomic mass is 32.2. The van der Waals surface area contributed by atoms with Gasteiger partial charge in [0.1, 0.15) is 11.2 Å². The minimum absolute atomic E-state index is 0.0805. The maximum absolute atomic E-state index is 13.3. The van der Waals surface area contributed by atoms with Crippen LogP contribution in [-0.2, 0) is 11.3 Å². The fourth-order valence-corrected chi connectivity index (χ4v) is 4.44. The van der Waals surface area contributed by atoms with Gasteiger partial charge in [-0.05, 0) is 41.5 Å². The van der Waals surface area contributed by atoms with Gasteiger partial charge in [0, 0.05) is 17.8 Å². The number of nitrogens with one attached hydrogen (secondary N) is 1. The van der Waals surface area contributed by atoms with E-state index in [2.05, 4.69) is 5.32 Å². The Bertz CT molecular complexity index is 1020. The summed E-state index contributed by atoms with van der Waals surface area (Å²) in [4.78, 5) is 26.7. The number of benzene rings is 3. The number of hydrogen-bond donors (Lipinski definition) is 1. The second-order valence-corrected chi connectivity index (χ2v) is 7.83. The third-order valence-corrected chi connectivity index (χ3v) is 5.96. The predicted molar refractivity (Wildman–Crippen MR) is 113 cm³/mol. The lowest BCUT2D eigenvalue weighted by molar-refractivity contribution is -0.128. The fraction of sp³-hybridized carbons (Fsp3) is 0.130. The molecule has 6 heteroatoms. The molecule has 1 saturated heterocycles. The van der Waals surface area contributed by atoms with Gasteiger partial charge in [-0.25, -0.2) is 4.39 Å². The molecule has 29 heavy (non-hydrogen) atoms. The molecule has 0 aromatic heterocycles. The number of nitrogens with zero attached hydrogens (tertiary/aromatic N) is 1. The maximum Gasteiger partial charge on any atom is 0.255 e. The van der Waals surface area contributed by atoms with Gasteiger partial charge in [-0.2, -0.15) is 0 Å². The average molecular weight is 406 g/mol. The smallest absolute Gasteiger partial charge is 0.255 e. The molecule has 1 heterocycles. The van der Waals surface area contributed by atoms with Crippen LogP contribution in [0, 0.1) is 5.82 Å². The van der Waals surface area contributed by atoms with Gasteiger partial charge >= 0.3 is 0 Å². The van der Waals surface area contributed by atoms with Crippen molar-refractivity contribution in [2.24, 2.45) is 0 Å². The van der Waals surface area contributed by atoms with Crippen LogP contribution < -0.4 is 5.32 Å². The van der Waals surface area contributed by atoms with Gasteiger partial charge < -0.3 is 10.2 Å². The molecule has 3 aromatic rings. The van der Waals surface area contributed by atoms with Crippen LogP contribution in [0.1, 0.15) is 26.9 Å². The highest BCUT2D eigenvalue weighted by Crippen LogP contribution is 2.39. The SMILES string of the molecule is O=C(Nc1cccc(F)c1)c1ccc([C@@H]2SCC(=O)N2Cc2ccccc2)cc1. The minimum Gasteiger partial charge on any atom is -0.322 e. The monoisotopic (exact) mass is 406 g/mol.